The molecule has 0 aliphatic carbocycles. The fraction of sp³-hybridized carbons (Fsp3) is 0.556. The zero-order chi connectivity index (χ0) is 26.6. The molecule has 0 saturated carbocycles. The summed E-state index contributed by atoms with van der Waals surface area (Å²) >= 11 is 0. The molecule has 0 radical (unpaired) electrons. The molecule has 6 atom stereocenters. The molecule has 0 aromatic heterocycles. The topological polar surface area (TPSA) is 0 Å². The van der Waals surface area contributed by atoms with Crippen molar-refractivity contribution >= 4 is 16.1 Å². The van der Waals surface area contributed by atoms with Crippen molar-refractivity contribution < 1.29 is 0 Å². The van der Waals surface area contributed by atoms with Crippen LogP contribution in [0.5, 0.6) is 0 Å². The summed E-state index contributed by atoms with van der Waals surface area (Å²) in [5.41, 5.74) is 8.77. The van der Waals surface area contributed by atoms with Crippen LogP contribution in [0, 0.1) is 5.92 Å². The van der Waals surface area contributed by atoms with Crippen molar-refractivity contribution in [1.29, 1.82) is 0 Å². The number of fused-ring (bicyclic) bond motifs is 1. The second-order valence-corrected chi connectivity index (χ2v) is 16.5. The molecule has 2 aromatic carbocycles. The molecule has 37 heavy (non-hydrogen) atoms. The minimum absolute atomic E-state index is 0.170. The van der Waals surface area contributed by atoms with Gasteiger partial charge in [-0.1, -0.05) is 114 Å². The molecular formula is C36H52S. The third kappa shape index (κ3) is 6.65. The second kappa shape index (κ2) is 12.4. The lowest BCUT2D eigenvalue weighted by Crippen LogP contribution is -2.11. The lowest BCUT2D eigenvalue weighted by molar-refractivity contribution is 0.426. The number of allylic oxidation sites excluding steroid dienone is 1. The van der Waals surface area contributed by atoms with Crippen LogP contribution in [-0.2, 0) is 12.8 Å². The fourth-order valence-corrected chi connectivity index (χ4v) is 11.9. The first-order valence-corrected chi connectivity index (χ1v) is 17.3. The van der Waals surface area contributed by atoms with Crippen molar-refractivity contribution in [3.05, 3.63) is 89.0 Å². The van der Waals surface area contributed by atoms with Crippen LogP contribution in [0.15, 0.2) is 61.2 Å². The lowest BCUT2D eigenvalue weighted by atomic mass is 9.83. The molecule has 4 rings (SSSR count). The Hall–Kier alpha value is -1.73. The number of rotatable bonds is 16. The average molecular weight is 517 g/mol. The highest BCUT2D eigenvalue weighted by atomic mass is 32.3. The molecule has 0 spiro atoms. The van der Waals surface area contributed by atoms with Gasteiger partial charge in [0.05, 0.1) is 0 Å². The summed E-state index contributed by atoms with van der Waals surface area (Å²) in [6, 6.07) is 16.2. The summed E-state index contributed by atoms with van der Waals surface area (Å²) in [7, 11) is -0.170. The van der Waals surface area contributed by atoms with Gasteiger partial charge in [0.1, 0.15) is 0 Å². The van der Waals surface area contributed by atoms with Crippen LogP contribution in [0.4, 0.5) is 0 Å². The molecule has 0 amide bonds. The Morgan fingerprint density at radius 2 is 1.76 bits per heavy atom. The predicted octanol–water partition coefficient (Wildman–Crippen LogP) is 10.5. The Balaban J connectivity index is 1.40. The van der Waals surface area contributed by atoms with Crippen LogP contribution >= 0.6 is 10.0 Å². The molecule has 1 heteroatoms. The van der Waals surface area contributed by atoms with Crippen molar-refractivity contribution in [3.63, 3.8) is 0 Å². The van der Waals surface area contributed by atoms with Gasteiger partial charge < -0.3 is 0 Å². The van der Waals surface area contributed by atoms with Crippen LogP contribution in [-0.4, -0.2) is 22.0 Å². The van der Waals surface area contributed by atoms with Crippen LogP contribution < -0.4 is 0 Å². The van der Waals surface area contributed by atoms with Crippen LogP contribution in [0.3, 0.4) is 0 Å². The van der Waals surface area contributed by atoms with E-state index in [1.165, 1.54) is 80.1 Å². The molecule has 0 nitrogen and oxygen atoms in total. The van der Waals surface area contributed by atoms with E-state index in [2.05, 4.69) is 89.6 Å². The normalized spacial score (nSPS) is 27.0. The number of hydrogen-bond donors (Lipinski definition) is 0. The molecule has 2 aromatic rings. The van der Waals surface area contributed by atoms with E-state index in [4.69, 9.17) is 0 Å². The molecule has 2 aliphatic heterocycles. The monoisotopic (exact) mass is 516 g/mol. The van der Waals surface area contributed by atoms with Crippen molar-refractivity contribution in [2.75, 3.05) is 6.26 Å². The van der Waals surface area contributed by atoms with Crippen molar-refractivity contribution in [3.8, 4) is 0 Å². The first-order valence-electron chi connectivity index (χ1n) is 15.1. The van der Waals surface area contributed by atoms with Gasteiger partial charge in [-0.15, -0.1) is 0 Å². The molecule has 2 fully saturated rings. The Kier molecular flexibility index (Phi) is 9.49. The van der Waals surface area contributed by atoms with Gasteiger partial charge in [0.2, 0.25) is 0 Å². The standard InChI is InChI=1S/C36H52S/c1-8-13-27(5)34-20-19-32(23-31-18-12-16-29(10-3)22-31)25-33(34)24-30(14-9-2)17-11-15-26(4)21-35-36-28(6)37(35,36)7/h10,12,16,18-20,22,25,27-28,30,35-36H,3-4,8-9,11,13-15,17,21,23-24H2,1-2,5-7H3/t27?,28?,30?,35?,36-/m1/s1. The van der Waals surface area contributed by atoms with Crippen LogP contribution in [0.1, 0.15) is 113 Å². The predicted molar refractivity (Wildman–Crippen MR) is 169 cm³/mol. The number of benzene rings is 2. The van der Waals surface area contributed by atoms with Crippen LogP contribution in [0.25, 0.3) is 6.08 Å². The highest BCUT2D eigenvalue weighted by Crippen LogP contribution is 2.94. The van der Waals surface area contributed by atoms with Gasteiger partial charge in [0.15, 0.2) is 0 Å². The Bertz CT molecular complexity index is 1080. The van der Waals surface area contributed by atoms with E-state index in [-0.39, 0.29) is 10.0 Å². The first-order chi connectivity index (χ1) is 17.8. The molecule has 2 saturated heterocycles. The second-order valence-electron chi connectivity index (χ2n) is 12.4. The van der Waals surface area contributed by atoms with Crippen LogP contribution in [0.2, 0.25) is 0 Å². The molecule has 2 aliphatic rings. The first kappa shape index (κ1) is 28.3. The molecule has 202 valence electrons. The maximum absolute atomic E-state index is 4.50. The average Bonchev–Trinajstić information content (AvgIpc) is 3.68. The molecule has 2 heterocycles. The molecular weight excluding hydrogens is 464 g/mol. The summed E-state index contributed by atoms with van der Waals surface area (Å²) in [5, 5.41) is 3.20. The summed E-state index contributed by atoms with van der Waals surface area (Å²) in [6.07, 6.45) is 17.1. The zero-order valence-electron chi connectivity index (χ0n) is 24.4. The summed E-state index contributed by atoms with van der Waals surface area (Å²) in [6.45, 7) is 18.0. The highest BCUT2D eigenvalue weighted by molar-refractivity contribution is 8.47. The van der Waals surface area contributed by atoms with Gasteiger partial charge in [-0.25, -0.2) is 10.0 Å². The summed E-state index contributed by atoms with van der Waals surface area (Å²) < 4.78 is 0. The summed E-state index contributed by atoms with van der Waals surface area (Å²) in [5.74, 6) is 1.42. The van der Waals surface area contributed by atoms with E-state index in [0.717, 1.165) is 28.1 Å². The van der Waals surface area contributed by atoms with Gasteiger partial charge >= 0.3 is 0 Å². The SMILES string of the molecule is C=Cc1cccc(Cc2ccc(C(C)CCC)c(CC(CCC)CCCC(=C)CC3[C@H]4C(C)S34C)c2)c1. The van der Waals surface area contributed by atoms with Gasteiger partial charge in [-0.05, 0) is 96.1 Å². The van der Waals surface area contributed by atoms with E-state index in [0.29, 0.717) is 5.92 Å². The van der Waals surface area contributed by atoms with E-state index in [9.17, 15) is 0 Å². The number of hydrogen-bond acceptors (Lipinski definition) is 0. The zero-order valence-corrected chi connectivity index (χ0v) is 25.2. The minimum atomic E-state index is -0.170. The maximum atomic E-state index is 4.50. The largest absolute Gasteiger partial charge is 0.231 e. The van der Waals surface area contributed by atoms with Crippen molar-refractivity contribution in [1.82, 2.24) is 0 Å². The molecule has 0 bridgehead atoms. The highest BCUT2D eigenvalue weighted by Gasteiger charge is 2.76. The lowest BCUT2D eigenvalue weighted by Gasteiger charge is -2.23. The Morgan fingerprint density at radius 3 is 2.43 bits per heavy atom. The maximum Gasteiger partial charge on any atom is 0.0101 e. The fourth-order valence-electron chi connectivity index (χ4n) is 7.11. The summed E-state index contributed by atoms with van der Waals surface area (Å²) in [4.78, 5) is 0. The smallest absolute Gasteiger partial charge is 0.0101 e. The quantitative estimate of drug-likeness (QED) is 0.154. The Labute approximate surface area is 230 Å². The van der Waals surface area contributed by atoms with Gasteiger partial charge in [0.25, 0.3) is 0 Å². The Morgan fingerprint density at radius 1 is 1.03 bits per heavy atom. The van der Waals surface area contributed by atoms with E-state index < -0.39 is 0 Å². The van der Waals surface area contributed by atoms with Crippen molar-refractivity contribution in [2.24, 2.45) is 5.92 Å². The van der Waals surface area contributed by atoms with Gasteiger partial charge in [-0.2, -0.15) is 0 Å². The van der Waals surface area contributed by atoms with E-state index in [1.807, 2.05) is 6.08 Å². The van der Waals surface area contributed by atoms with Crippen molar-refractivity contribution in [2.45, 2.75) is 114 Å². The van der Waals surface area contributed by atoms with E-state index >= 15 is 0 Å². The minimum Gasteiger partial charge on any atom is -0.231 e. The molecule has 5 unspecified atom stereocenters. The third-order valence-corrected chi connectivity index (χ3v) is 14.5. The van der Waals surface area contributed by atoms with Gasteiger partial charge in [-0.3, -0.25) is 0 Å². The molecule has 0 N–H and O–H groups in total. The third-order valence-electron chi connectivity index (χ3n) is 9.61. The van der Waals surface area contributed by atoms with E-state index in [1.54, 1.807) is 11.1 Å². The van der Waals surface area contributed by atoms with Gasteiger partial charge in [0, 0.05) is 10.5 Å².